The zero-order valence-electron chi connectivity index (χ0n) is 16.3. The second-order valence-electron chi connectivity index (χ2n) is 6.63. The highest BCUT2D eigenvalue weighted by molar-refractivity contribution is 7.82. The lowest BCUT2D eigenvalue weighted by atomic mass is 9.96. The van der Waals surface area contributed by atoms with Crippen LogP contribution in [-0.2, 0) is 22.2 Å². The van der Waals surface area contributed by atoms with E-state index in [1.54, 1.807) is 42.9 Å². The van der Waals surface area contributed by atoms with Gasteiger partial charge in [-0.05, 0) is 37.2 Å². The first-order valence-electron chi connectivity index (χ1n) is 9.17. The van der Waals surface area contributed by atoms with Gasteiger partial charge in [0.15, 0.2) is 0 Å². The fourth-order valence-corrected chi connectivity index (χ4v) is 3.86. The van der Waals surface area contributed by atoms with Gasteiger partial charge in [-0.2, -0.15) is 0 Å². The summed E-state index contributed by atoms with van der Waals surface area (Å²) in [5.74, 6) is 0.673. The third-order valence-corrected chi connectivity index (χ3v) is 6.18. The van der Waals surface area contributed by atoms with E-state index in [0.717, 1.165) is 5.56 Å². The predicted molar refractivity (Wildman–Crippen MR) is 108 cm³/mol. The summed E-state index contributed by atoms with van der Waals surface area (Å²) in [6.45, 7) is 2.73. The van der Waals surface area contributed by atoms with Gasteiger partial charge in [-0.3, -0.25) is 9.78 Å². The van der Waals surface area contributed by atoms with E-state index >= 15 is 0 Å². The van der Waals surface area contributed by atoms with Gasteiger partial charge in [-0.25, -0.2) is 12.9 Å². The zero-order chi connectivity index (χ0) is 20.3. The van der Waals surface area contributed by atoms with Gasteiger partial charge in [-0.1, -0.05) is 6.92 Å². The third-order valence-electron chi connectivity index (χ3n) is 4.81. The van der Waals surface area contributed by atoms with Crippen molar-refractivity contribution in [3.05, 3.63) is 42.0 Å². The van der Waals surface area contributed by atoms with Crippen LogP contribution in [0.2, 0.25) is 0 Å². The molecule has 8 heteroatoms. The van der Waals surface area contributed by atoms with Crippen molar-refractivity contribution in [1.82, 2.24) is 9.29 Å². The SMILES string of the molecule is CCS(=O)N(C)CCOc1cncc(-c2cc3c(cc2F)N(C)C(=O)CC3)c1. The quantitative estimate of drug-likeness (QED) is 0.711. The number of amides is 1. The van der Waals surface area contributed by atoms with E-state index in [4.69, 9.17) is 4.74 Å². The Kier molecular flexibility index (Phi) is 6.41. The average Bonchev–Trinajstić information content (AvgIpc) is 2.70. The van der Waals surface area contributed by atoms with Gasteiger partial charge < -0.3 is 9.64 Å². The zero-order valence-corrected chi connectivity index (χ0v) is 17.1. The molecule has 1 unspecified atom stereocenters. The molecular weight excluding hydrogens is 381 g/mol. The molecule has 3 rings (SSSR count). The lowest BCUT2D eigenvalue weighted by Gasteiger charge is -2.26. The highest BCUT2D eigenvalue weighted by Crippen LogP contribution is 2.34. The van der Waals surface area contributed by atoms with Crippen LogP contribution in [-0.4, -0.2) is 52.4 Å². The molecule has 28 heavy (non-hydrogen) atoms. The topological polar surface area (TPSA) is 62.7 Å². The molecule has 1 atom stereocenters. The van der Waals surface area contributed by atoms with Gasteiger partial charge >= 0.3 is 0 Å². The minimum Gasteiger partial charge on any atom is -0.491 e. The summed E-state index contributed by atoms with van der Waals surface area (Å²) >= 11 is 0. The number of carbonyl (C=O) groups is 1. The standard InChI is InChI=1S/C20H24FN3O3S/c1-4-28(26)23(2)7-8-27-16-9-15(12-22-13-16)17-10-14-5-6-20(25)24(3)19(14)11-18(17)21/h9-13H,4-8H2,1-3H3. The molecule has 0 aliphatic carbocycles. The third kappa shape index (κ3) is 4.39. The Balaban J connectivity index is 1.77. The number of ether oxygens (including phenoxy) is 1. The molecule has 0 saturated carbocycles. The second-order valence-corrected chi connectivity index (χ2v) is 8.48. The maximum absolute atomic E-state index is 14.7. The van der Waals surface area contributed by atoms with Crippen LogP contribution in [0, 0.1) is 5.82 Å². The summed E-state index contributed by atoms with van der Waals surface area (Å²) < 4.78 is 33.9. The van der Waals surface area contributed by atoms with Crippen molar-refractivity contribution in [2.24, 2.45) is 0 Å². The molecule has 1 aliphatic rings. The van der Waals surface area contributed by atoms with Crippen LogP contribution in [0.3, 0.4) is 0 Å². The van der Waals surface area contributed by atoms with Crippen molar-refractivity contribution in [3.8, 4) is 16.9 Å². The van der Waals surface area contributed by atoms with Crippen LogP contribution in [0.4, 0.5) is 10.1 Å². The van der Waals surface area contributed by atoms with Crippen LogP contribution < -0.4 is 9.64 Å². The first kappa shape index (κ1) is 20.4. The molecule has 0 N–H and O–H groups in total. The number of likely N-dealkylation sites (N-methyl/N-ethyl adjacent to an activating group) is 1. The average molecular weight is 405 g/mol. The molecule has 0 fully saturated rings. The fourth-order valence-electron chi connectivity index (χ4n) is 3.14. The summed E-state index contributed by atoms with van der Waals surface area (Å²) in [5.41, 5.74) is 2.60. The Bertz CT molecular complexity index is 906. The molecule has 0 bridgehead atoms. The second kappa shape index (κ2) is 8.79. The largest absolute Gasteiger partial charge is 0.491 e. The summed E-state index contributed by atoms with van der Waals surface area (Å²) in [7, 11) is 2.43. The number of hydrogen-bond acceptors (Lipinski definition) is 4. The number of aromatic nitrogens is 1. The van der Waals surface area contributed by atoms with E-state index in [0.29, 0.717) is 54.3 Å². The Labute approximate surface area is 166 Å². The van der Waals surface area contributed by atoms with Crippen molar-refractivity contribution < 1.29 is 18.1 Å². The van der Waals surface area contributed by atoms with Crippen molar-refractivity contribution in [1.29, 1.82) is 0 Å². The highest BCUT2D eigenvalue weighted by atomic mass is 32.2. The number of rotatable bonds is 7. The Hall–Kier alpha value is -2.32. The smallest absolute Gasteiger partial charge is 0.227 e. The lowest BCUT2D eigenvalue weighted by Crippen LogP contribution is -2.31. The molecule has 1 aliphatic heterocycles. The minimum atomic E-state index is -1.01. The number of aryl methyl sites for hydroxylation is 1. The van der Waals surface area contributed by atoms with Gasteiger partial charge in [-0.15, -0.1) is 0 Å². The number of benzene rings is 1. The Morgan fingerprint density at radius 1 is 1.29 bits per heavy atom. The Morgan fingerprint density at radius 3 is 2.82 bits per heavy atom. The maximum Gasteiger partial charge on any atom is 0.227 e. The van der Waals surface area contributed by atoms with Gasteiger partial charge in [0.05, 0.1) is 17.2 Å². The van der Waals surface area contributed by atoms with Crippen LogP contribution in [0.25, 0.3) is 11.1 Å². The molecule has 2 heterocycles. The summed E-state index contributed by atoms with van der Waals surface area (Å²) in [4.78, 5) is 17.5. The maximum atomic E-state index is 14.7. The van der Waals surface area contributed by atoms with Gasteiger partial charge in [0.25, 0.3) is 0 Å². The number of anilines is 1. The van der Waals surface area contributed by atoms with Crippen molar-refractivity contribution in [3.63, 3.8) is 0 Å². The molecule has 6 nitrogen and oxygen atoms in total. The molecule has 0 saturated heterocycles. The summed E-state index contributed by atoms with van der Waals surface area (Å²) in [6.07, 6.45) is 4.18. The number of halogens is 1. The van der Waals surface area contributed by atoms with Gasteiger partial charge in [0.1, 0.15) is 18.2 Å². The fraction of sp³-hybridized carbons (Fsp3) is 0.400. The lowest BCUT2D eigenvalue weighted by molar-refractivity contribution is -0.118. The normalized spacial score (nSPS) is 14.9. The number of carbonyl (C=O) groups excluding carboxylic acids is 1. The van der Waals surface area contributed by atoms with E-state index in [9.17, 15) is 13.4 Å². The molecule has 2 aromatic rings. The number of nitrogens with zero attached hydrogens (tertiary/aromatic N) is 3. The van der Waals surface area contributed by atoms with E-state index in [1.165, 1.54) is 11.0 Å². The molecule has 1 aromatic heterocycles. The monoisotopic (exact) mass is 405 g/mol. The summed E-state index contributed by atoms with van der Waals surface area (Å²) in [6, 6.07) is 4.93. The number of pyridine rings is 1. The van der Waals surface area contributed by atoms with Gasteiger partial charge in [0.2, 0.25) is 5.91 Å². The minimum absolute atomic E-state index is 0.00862. The van der Waals surface area contributed by atoms with E-state index in [1.807, 2.05) is 6.92 Å². The molecule has 0 radical (unpaired) electrons. The molecular formula is C20H24FN3O3S. The van der Waals surface area contributed by atoms with Crippen LogP contribution in [0.1, 0.15) is 18.9 Å². The van der Waals surface area contributed by atoms with Crippen molar-refractivity contribution >= 4 is 22.6 Å². The van der Waals surface area contributed by atoms with E-state index in [2.05, 4.69) is 4.98 Å². The molecule has 0 spiro atoms. The van der Waals surface area contributed by atoms with E-state index in [-0.39, 0.29) is 5.91 Å². The summed E-state index contributed by atoms with van der Waals surface area (Å²) in [5, 5.41) is 0. The van der Waals surface area contributed by atoms with Crippen LogP contribution >= 0.6 is 0 Å². The first-order chi connectivity index (χ1) is 13.4. The first-order valence-corrected chi connectivity index (χ1v) is 10.4. The van der Waals surface area contributed by atoms with Crippen molar-refractivity contribution in [2.75, 3.05) is 37.9 Å². The van der Waals surface area contributed by atoms with Crippen molar-refractivity contribution in [2.45, 2.75) is 19.8 Å². The molecule has 150 valence electrons. The number of hydrogen-bond donors (Lipinski definition) is 0. The predicted octanol–water partition coefficient (Wildman–Crippen LogP) is 2.79. The molecule has 1 aromatic carbocycles. The van der Waals surface area contributed by atoms with Gasteiger partial charge in [0, 0.05) is 48.8 Å². The highest BCUT2D eigenvalue weighted by Gasteiger charge is 2.23. The Morgan fingerprint density at radius 2 is 2.07 bits per heavy atom. The van der Waals surface area contributed by atoms with Crippen LogP contribution in [0.5, 0.6) is 5.75 Å². The van der Waals surface area contributed by atoms with Crippen LogP contribution in [0.15, 0.2) is 30.6 Å². The van der Waals surface area contributed by atoms with E-state index < -0.39 is 16.8 Å². The molecule has 1 amide bonds. The number of fused-ring (bicyclic) bond motifs is 1.